The summed E-state index contributed by atoms with van der Waals surface area (Å²) in [6.45, 7) is 6.99. The van der Waals surface area contributed by atoms with Crippen LogP contribution in [0.15, 0.2) is 47.5 Å². The maximum absolute atomic E-state index is 14.1. The minimum atomic E-state index is -3.35. The lowest BCUT2D eigenvalue weighted by molar-refractivity contribution is 0.0544. The van der Waals surface area contributed by atoms with Gasteiger partial charge in [-0.2, -0.15) is 4.31 Å². The van der Waals surface area contributed by atoms with Crippen molar-refractivity contribution < 1.29 is 31.4 Å². The average molecular weight is 525 g/mol. The second-order valence-electron chi connectivity index (χ2n) is 9.77. The minimum absolute atomic E-state index is 0.0242. The van der Waals surface area contributed by atoms with E-state index in [-0.39, 0.29) is 12.3 Å². The van der Waals surface area contributed by atoms with E-state index in [1.54, 1.807) is 58.2 Å². The number of sulfone groups is 1. The molecule has 190 valence electrons. The molecule has 0 radical (unpaired) electrons. The van der Waals surface area contributed by atoms with Gasteiger partial charge in [-0.3, -0.25) is 13.7 Å². The van der Waals surface area contributed by atoms with E-state index in [4.69, 9.17) is 4.74 Å². The molecule has 2 aromatic carbocycles. The molecule has 0 spiro atoms. The second kappa shape index (κ2) is 8.59. The molecule has 1 unspecified atom stereocenters. The van der Waals surface area contributed by atoms with Gasteiger partial charge in [0.1, 0.15) is 21.3 Å². The molecule has 4 rings (SSSR count). The summed E-state index contributed by atoms with van der Waals surface area (Å²) in [6.07, 6.45) is 2.04. The van der Waals surface area contributed by atoms with Gasteiger partial charge in [-0.05, 0) is 69.2 Å². The summed E-state index contributed by atoms with van der Waals surface area (Å²) in [6, 6.07) is 8.82. The number of fused-ring (bicyclic) bond motifs is 2. The predicted molar refractivity (Wildman–Crippen MR) is 135 cm³/mol. The zero-order valence-electron chi connectivity index (χ0n) is 20.1. The molecule has 0 amide bonds. The average Bonchev–Trinajstić information content (AvgIpc) is 3.17. The van der Waals surface area contributed by atoms with Crippen molar-refractivity contribution in [1.82, 2.24) is 8.87 Å². The molecule has 3 aromatic rings. The molecule has 11 heteroatoms. The van der Waals surface area contributed by atoms with Gasteiger partial charge >= 0.3 is 6.09 Å². The normalized spacial score (nSPS) is 19.0. The second-order valence-corrected chi connectivity index (χ2v) is 14.0. The first-order chi connectivity index (χ1) is 16.1. The lowest BCUT2D eigenvalue weighted by atomic mass is 9.99. The van der Waals surface area contributed by atoms with Crippen molar-refractivity contribution >= 4 is 37.6 Å². The minimum Gasteiger partial charge on any atom is -0.443 e. The monoisotopic (exact) mass is 524 g/mol. The molecule has 2 N–H and O–H groups in total. The molecule has 8 nitrogen and oxygen atoms in total. The van der Waals surface area contributed by atoms with E-state index < -0.39 is 44.2 Å². The Bertz CT molecular complexity index is 1430. The Labute approximate surface area is 205 Å². The van der Waals surface area contributed by atoms with Gasteiger partial charge in [0.2, 0.25) is 0 Å². The molecular formula is C24H29FN2O6S2. The van der Waals surface area contributed by atoms with Crippen molar-refractivity contribution in [3.8, 4) is 11.1 Å². The van der Waals surface area contributed by atoms with E-state index in [2.05, 4.69) is 0 Å². The van der Waals surface area contributed by atoms with E-state index in [1.165, 1.54) is 21.0 Å². The van der Waals surface area contributed by atoms with E-state index in [9.17, 15) is 26.7 Å². The predicted octanol–water partition coefficient (Wildman–Crippen LogP) is 5.68. The number of aromatic nitrogens is 1. The fraction of sp³-hybridized carbons (Fsp3) is 0.375. The Morgan fingerprint density at radius 2 is 1.86 bits per heavy atom. The standard InChI is InChI=1S/C24H29FN2O6S2/c1-15-19-12-16(6-9-22(19)35(31,32)27(15)10-11-34(5,29)30)20-14-26(23(28)33-24(2,3)4)21-13-17(25)7-8-18(20)21/h6-9,12-15,31-32H,10-11H2,1-5H3. The molecule has 0 saturated heterocycles. The number of ether oxygens (including phenoxy) is 1. The summed E-state index contributed by atoms with van der Waals surface area (Å²) in [7, 11) is -6.65. The van der Waals surface area contributed by atoms with Crippen LogP contribution in [0, 0.1) is 5.82 Å². The number of hydrogen-bond acceptors (Lipinski definition) is 7. The molecule has 0 fully saturated rings. The third-order valence-electron chi connectivity index (χ3n) is 5.87. The zero-order valence-corrected chi connectivity index (χ0v) is 21.8. The first kappa shape index (κ1) is 25.6. The molecule has 0 aliphatic carbocycles. The molecule has 1 aromatic heterocycles. The largest absolute Gasteiger partial charge is 0.443 e. The molecule has 1 atom stereocenters. The van der Waals surface area contributed by atoms with Crippen molar-refractivity contribution in [1.29, 1.82) is 0 Å². The Morgan fingerprint density at radius 3 is 2.49 bits per heavy atom. The summed E-state index contributed by atoms with van der Waals surface area (Å²) in [5, 5.41) is 0.628. The number of carbonyl (C=O) groups excluding carboxylic acids is 1. The Balaban J connectivity index is 1.80. The van der Waals surface area contributed by atoms with Gasteiger partial charge in [-0.15, -0.1) is 10.8 Å². The number of benzene rings is 2. The highest BCUT2D eigenvalue weighted by atomic mass is 32.3. The highest BCUT2D eigenvalue weighted by Crippen LogP contribution is 2.63. The highest BCUT2D eigenvalue weighted by Gasteiger charge is 2.41. The Morgan fingerprint density at radius 1 is 1.17 bits per heavy atom. The molecular weight excluding hydrogens is 495 g/mol. The van der Waals surface area contributed by atoms with Gasteiger partial charge in [0.05, 0.1) is 22.2 Å². The number of hydrogen-bond donors (Lipinski definition) is 2. The summed E-state index contributed by atoms with van der Waals surface area (Å²) < 4.78 is 67.3. The van der Waals surface area contributed by atoms with E-state index in [0.29, 0.717) is 32.5 Å². The molecule has 1 aliphatic rings. The maximum atomic E-state index is 14.1. The first-order valence-electron chi connectivity index (χ1n) is 11.0. The number of carbonyl (C=O) groups is 1. The third kappa shape index (κ3) is 4.96. The van der Waals surface area contributed by atoms with Crippen LogP contribution in [0.4, 0.5) is 9.18 Å². The van der Waals surface area contributed by atoms with Gasteiger partial charge in [0.25, 0.3) is 0 Å². The van der Waals surface area contributed by atoms with Gasteiger partial charge in [-0.25, -0.2) is 17.6 Å². The number of halogens is 1. The van der Waals surface area contributed by atoms with Crippen LogP contribution in [0.1, 0.15) is 39.3 Å². The maximum Gasteiger partial charge on any atom is 0.419 e. The van der Waals surface area contributed by atoms with E-state index in [1.807, 2.05) is 0 Å². The van der Waals surface area contributed by atoms with Crippen LogP contribution in [-0.4, -0.2) is 56.6 Å². The van der Waals surface area contributed by atoms with Crippen molar-refractivity contribution in [2.45, 2.75) is 44.2 Å². The topological polar surface area (TPSA) is 109 Å². The summed E-state index contributed by atoms with van der Waals surface area (Å²) in [5.74, 6) is -0.701. The van der Waals surface area contributed by atoms with Crippen molar-refractivity contribution in [3.05, 3.63) is 54.0 Å². The molecule has 0 saturated carbocycles. The fourth-order valence-corrected chi connectivity index (χ4v) is 6.86. The lowest BCUT2D eigenvalue weighted by Crippen LogP contribution is -2.29. The van der Waals surface area contributed by atoms with Crippen molar-refractivity contribution in [2.24, 2.45) is 0 Å². The number of rotatable bonds is 4. The Hall–Kier alpha value is -2.44. The first-order valence-corrected chi connectivity index (χ1v) is 14.6. The van der Waals surface area contributed by atoms with Gasteiger partial charge < -0.3 is 4.74 Å². The van der Waals surface area contributed by atoms with Gasteiger partial charge in [0.15, 0.2) is 0 Å². The van der Waals surface area contributed by atoms with Gasteiger partial charge in [-0.1, -0.05) is 6.07 Å². The molecule has 1 aliphatic heterocycles. The Kier molecular flexibility index (Phi) is 6.30. The van der Waals surface area contributed by atoms with Crippen LogP contribution in [-0.2, 0) is 14.6 Å². The quantitative estimate of drug-likeness (QED) is 0.452. The summed E-state index contributed by atoms with van der Waals surface area (Å²) in [5.41, 5.74) is 1.59. The zero-order chi connectivity index (χ0) is 25.9. The molecule has 2 heterocycles. The molecule has 35 heavy (non-hydrogen) atoms. The van der Waals surface area contributed by atoms with Crippen LogP contribution < -0.4 is 0 Å². The van der Waals surface area contributed by atoms with Gasteiger partial charge in [0, 0.05) is 29.9 Å². The third-order valence-corrected chi connectivity index (χ3v) is 8.90. The highest BCUT2D eigenvalue weighted by molar-refractivity contribution is 8.22. The van der Waals surface area contributed by atoms with Crippen LogP contribution in [0.2, 0.25) is 0 Å². The smallest absolute Gasteiger partial charge is 0.419 e. The van der Waals surface area contributed by atoms with Crippen LogP contribution in [0.3, 0.4) is 0 Å². The fourth-order valence-electron chi connectivity index (χ4n) is 4.26. The van der Waals surface area contributed by atoms with Crippen molar-refractivity contribution in [3.63, 3.8) is 0 Å². The SMILES string of the molecule is CC1c2cc(-c3cn(C(=O)OC(C)(C)C)c4cc(F)ccc34)ccc2S(O)(O)N1CCS(C)(=O)=O. The van der Waals surface area contributed by atoms with Crippen LogP contribution in [0.25, 0.3) is 22.0 Å². The summed E-state index contributed by atoms with van der Waals surface area (Å²) >= 11 is 0. The van der Waals surface area contributed by atoms with Crippen LogP contribution in [0.5, 0.6) is 0 Å². The van der Waals surface area contributed by atoms with E-state index in [0.717, 1.165) is 6.26 Å². The van der Waals surface area contributed by atoms with Crippen LogP contribution >= 0.6 is 10.8 Å². The number of nitrogens with zero attached hydrogens (tertiary/aromatic N) is 2. The summed E-state index contributed by atoms with van der Waals surface area (Å²) in [4.78, 5) is 13.2. The van der Waals surface area contributed by atoms with E-state index >= 15 is 0 Å². The van der Waals surface area contributed by atoms with Crippen molar-refractivity contribution in [2.75, 3.05) is 18.6 Å². The lowest BCUT2D eigenvalue weighted by Gasteiger charge is -2.39. The molecule has 0 bridgehead atoms.